The highest BCUT2D eigenvalue weighted by molar-refractivity contribution is 5.39. The van der Waals surface area contributed by atoms with Crippen LogP contribution in [-0.2, 0) is 6.54 Å². The van der Waals surface area contributed by atoms with Crippen LogP contribution < -0.4 is 10.1 Å². The molecule has 0 spiro atoms. The predicted octanol–water partition coefficient (Wildman–Crippen LogP) is 3.76. The summed E-state index contributed by atoms with van der Waals surface area (Å²) in [5.74, 6) is 2.82. The maximum Gasteiger partial charge on any atom is 0.123 e. The van der Waals surface area contributed by atoms with Crippen molar-refractivity contribution in [3.63, 3.8) is 0 Å². The summed E-state index contributed by atoms with van der Waals surface area (Å²) in [5.41, 5.74) is 2.37. The maximum atomic E-state index is 5.55. The molecule has 2 rings (SSSR count). The van der Waals surface area contributed by atoms with E-state index in [1.54, 1.807) is 7.11 Å². The summed E-state index contributed by atoms with van der Waals surface area (Å²) in [7, 11) is 1.71. The van der Waals surface area contributed by atoms with E-state index in [0.717, 1.165) is 22.8 Å². The Bertz CT molecular complexity index is 545. The van der Waals surface area contributed by atoms with Crippen molar-refractivity contribution in [1.82, 2.24) is 5.32 Å². The third-order valence-corrected chi connectivity index (χ3v) is 3.23. The monoisotopic (exact) mass is 259 g/mol. The van der Waals surface area contributed by atoms with E-state index in [1.807, 2.05) is 19.1 Å². The van der Waals surface area contributed by atoms with Crippen molar-refractivity contribution in [3.05, 3.63) is 53.0 Å². The second kappa shape index (κ2) is 5.93. The van der Waals surface area contributed by atoms with Crippen LogP contribution in [0.2, 0.25) is 0 Å². The largest absolute Gasteiger partial charge is 0.496 e. The van der Waals surface area contributed by atoms with Crippen LogP contribution in [0.25, 0.3) is 0 Å². The van der Waals surface area contributed by atoms with Gasteiger partial charge in [0.2, 0.25) is 0 Å². The van der Waals surface area contributed by atoms with Gasteiger partial charge in [-0.3, -0.25) is 0 Å². The molecule has 1 aromatic heterocycles. The van der Waals surface area contributed by atoms with E-state index in [-0.39, 0.29) is 6.04 Å². The van der Waals surface area contributed by atoms with Crippen molar-refractivity contribution in [2.24, 2.45) is 0 Å². The Labute approximate surface area is 114 Å². The molecule has 0 radical (unpaired) electrons. The molecule has 19 heavy (non-hydrogen) atoms. The zero-order chi connectivity index (χ0) is 13.8. The fourth-order valence-corrected chi connectivity index (χ4v) is 2.12. The number of hydrogen-bond donors (Lipinski definition) is 1. The Morgan fingerprint density at radius 2 is 2.00 bits per heavy atom. The van der Waals surface area contributed by atoms with E-state index in [0.29, 0.717) is 6.54 Å². The topological polar surface area (TPSA) is 34.4 Å². The van der Waals surface area contributed by atoms with Gasteiger partial charge in [0.15, 0.2) is 0 Å². The first-order valence-electron chi connectivity index (χ1n) is 6.53. The first-order chi connectivity index (χ1) is 9.10. The lowest BCUT2D eigenvalue weighted by Crippen LogP contribution is -2.18. The Morgan fingerprint density at radius 3 is 2.63 bits per heavy atom. The summed E-state index contributed by atoms with van der Waals surface area (Å²) in [6, 6.07) is 10.5. The van der Waals surface area contributed by atoms with E-state index in [9.17, 15) is 0 Å². The quantitative estimate of drug-likeness (QED) is 0.888. The number of benzene rings is 1. The third kappa shape index (κ3) is 3.38. The van der Waals surface area contributed by atoms with Gasteiger partial charge in [0.1, 0.15) is 17.3 Å². The summed E-state index contributed by atoms with van der Waals surface area (Å²) in [6.07, 6.45) is 0. The summed E-state index contributed by atoms with van der Waals surface area (Å²) < 4.78 is 11.0. The van der Waals surface area contributed by atoms with Crippen LogP contribution in [0.4, 0.5) is 0 Å². The molecule has 102 valence electrons. The Kier molecular flexibility index (Phi) is 4.27. The third-order valence-electron chi connectivity index (χ3n) is 3.23. The van der Waals surface area contributed by atoms with Crippen LogP contribution in [0.5, 0.6) is 5.75 Å². The van der Waals surface area contributed by atoms with E-state index >= 15 is 0 Å². The summed E-state index contributed by atoms with van der Waals surface area (Å²) in [5, 5.41) is 3.45. The number of hydrogen-bond acceptors (Lipinski definition) is 3. The smallest absolute Gasteiger partial charge is 0.123 e. The van der Waals surface area contributed by atoms with Crippen molar-refractivity contribution >= 4 is 0 Å². The van der Waals surface area contributed by atoms with Gasteiger partial charge in [-0.25, -0.2) is 0 Å². The molecule has 2 aromatic rings. The normalized spacial score (nSPS) is 12.4. The highest BCUT2D eigenvalue weighted by Crippen LogP contribution is 2.26. The van der Waals surface area contributed by atoms with Gasteiger partial charge in [-0.1, -0.05) is 12.1 Å². The molecule has 0 bridgehead atoms. The number of furan rings is 1. The minimum Gasteiger partial charge on any atom is -0.496 e. The molecule has 3 heteroatoms. The van der Waals surface area contributed by atoms with Crippen LogP contribution >= 0.6 is 0 Å². The van der Waals surface area contributed by atoms with Crippen LogP contribution in [0, 0.1) is 13.8 Å². The molecule has 0 aliphatic heterocycles. The van der Waals surface area contributed by atoms with E-state index < -0.39 is 0 Å². The molecular formula is C16H21NO2. The standard InChI is InChI=1S/C16H21NO2/c1-11-5-8-15(16(9-11)18-4)13(3)17-10-14-7-6-12(2)19-14/h5-9,13,17H,10H2,1-4H3. The molecule has 0 aliphatic rings. The second-order valence-corrected chi connectivity index (χ2v) is 4.86. The number of nitrogens with one attached hydrogen (secondary N) is 1. The molecule has 0 fully saturated rings. The maximum absolute atomic E-state index is 5.55. The van der Waals surface area contributed by atoms with Crippen molar-refractivity contribution in [1.29, 1.82) is 0 Å². The molecule has 0 aliphatic carbocycles. The minimum absolute atomic E-state index is 0.209. The zero-order valence-corrected chi connectivity index (χ0v) is 12.0. The predicted molar refractivity (Wildman–Crippen MR) is 76.4 cm³/mol. The molecule has 1 aromatic carbocycles. The lowest BCUT2D eigenvalue weighted by molar-refractivity contribution is 0.396. The zero-order valence-electron chi connectivity index (χ0n) is 12.0. The van der Waals surface area contributed by atoms with E-state index in [2.05, 4.69) is 37.4 Å². The molecule has 0 saturated carbocycles. The van der Waals surface area contributed by atoms with Gasteiger partial charge >= 0.3 is 0 Å². The second-order valence-electron chi connectivity index (χ2n) is 4.86. The molecule has 0 amide bonds. The average Bonchev–Trinajstić information content (AvgIpc) is 2.81. The van der Waals surface area contributed by atoms with Crippen LogP contribution in [0.1, 0.15) is 35.6 Å². The Balaban J connectivity index is 2.05. The fourth-order valence-electron chi connectivity index (χ4n) is 2.12. The van der Waals surface area contributed by atoms with Crippen molar-refractivity contribution in [2.75, 3.05) is 7.11 Å². The summed E-state index contributed by atoms with van der Waals surface area (Å²) >= 11 is 0. The lowest BCUT2D eigenvalue weighted by Gasteiger charge is -2.17. The fraction of sp³-hybridized carbons (Fsp3) is 0.375. The van der Waals surface area contributed by atoms with E-state index in [4.69, 9.17) is 9.15 Å². The highest BCUT2D eigenvalue weighted by Gasteiger charge is 2.11. The lowest BCUT2D eigenvalue weighted by atomic mass is 10.0. The molecule has 1 N–H and O–H groups in total. The first-order valence-corrected chi connectivity index (χ1v) is 6.53. The van der Waals surface area contributed by atoms with Crippen LogP contribution in [0.3, 0.4) is 0 Å². The van der Waals surface area contributed by atoms with Crippen LogP contribution in [0.15, 0.2) is 34.7 Å². The van der Waals surface area contributed by atoms with Crippen molar-refractivity contribution < 1.29 is 9.15 Å². The molecule has 1 heterocycles. The van der Waals surface area contributed by atoms with Crippen molar-refractivity contribution in [2.45, 2.75) is 33.4 Å². The number of aryl methyl sites for hydroxylation is 2. The van der Waals surface area contributed by atoms with E-state index in [1.165, 1.54) is 5.56 Å². The van der Waals surface area contributed by atoms with Gasteiger partial charge in [-0.05, 0) is 44.5 Å². The summed E-state index contributed by atoms with van der Waals surface area (Å²) in [4.78, 5) is 0. The van der Waals surface area contributed by atoms with Gasteiger partial charge in [-0.15, -0.1) is 0 Å². The SMILES string of the molecule is COc1cc(C)ccc1C(C)NCc1ccc(C)o1. The first kappa shape index (κ1) is 13.7. The highest BCUT2D eigenvalue weighted by atomic mass is 16.5. The minimum atomic E-state index is 0.209. The molecule has 3 nitrogen and oxygen atoms in total. The average molecular weight is 259 g/mol. The number of rotatable bonds is 5. The molecular weight excluding hydrogens is 238 g/mol. The van der Waals surface area contributed by atoms with Gasteiger partial charge in [0, 0.05) is 11.6 Å². The van der Waals surface area contributed by atoms with Gasteiger partial charge in [0.25, 0.3) is 0 Å². The molecule has 1 atom stereocenters. The Hall–Kier alpha value is -1.74. The summed E-state index contributed by atoms with van der Waals surface area (Å²) in [6.45, 7) is 6.86. The number of methoxy groups -OCH3 is 1. The Morgan fingerprint density at radius 1 is 1.21 bits per heavy atom. The number of ether oxygens (including phenoxy) is 1. The van der Waals surface area contributed by atoms with Gasteiger partial charge in [0.05, 0.1) is 13.7 Å². The molecule has 0 saturated heterocycles. The van der Waals surface area contributed by atoms with Crippen molar-refractivity contribution in [3.8, 4) is 5.75 Å². The van der Waals surface area contributed by atoms with Gasteiger partial charge < -0.3 is 14.5 Å². The van der Waals surface area contributed by atoms with Gasteiger partial charge in [-0.2, -0.15) is 0 Å². The van der Waals surface area contributed by atoms with Crippen LogP contribution in [-0.4, -0.2) is 7.11 Å². The molecule has 1 unspecified atom stereocenters.